The highest BCUT2D eigenvalue weighted by Crippen LogP contribution is 2.00. The molecule has 0 aliphatic rings. The molecule has 6 nitrogen and oxygen atoms in total. The fourth-order valence-electron chi connectivity index (χ4n) is 0.415. The average molecular weight is 183 g/mol. The summed E-state index contributed by atoms with van der Waals surface area (Å²) in [6, 6.07) is 0. The van der Waals surface area contributed by atoms with E-state index in [1.807, 2.05) is 0 Å². The van der Waals surface area contributed by atoms with E-state index < -0.39 is 21.5 Å². The van der Waals surface area contributed by atoms with Crippen molar-refractivity contribution in [1.82, 2.24) is 0 Å². The maximum Gasteiger partial charge on any atom is 0.303 e. The Kier molecular flexibility index (Phi) is 3.43. The summed E-state index contributed by atoms with van der Waals surface area (Å²) in [6.07, 6.45) is -0.658. The maximum atomic E-state index is 10.2. The first kappa shape index (κ1) is 10.3. The zero-order valence-corrected chi connectivity index (χ0v) is 6.41. The highest BCUT2D eigenvalue weighted by Gasteiger charge is 2.18. The van der Waals surface area contributed by atoms with Crippen LogP contribution in [-0.2, 0) is 14.9 Å². The predicted molar refractivity (Wildman–Crippen MR) is 36.4 cm³/mol. The van der Waals surface area contributed by atoms with Gasteiger partial charge in [0.2, 0.25) is 0 Å². The largest absolute Gasteiger partial charge is 0.481 e. The molecule has 0 rings (SSSR count). The molecule has 0 radical (unpaired) electrons. The van der Waals surface area contributed by atoms with Crippen LogP contribution < -0.4 is 5.73 Å². The molecular weight excluding hydrogens is 174 g/mol. The lowest BCUT2D eigenvalue weighted by Crippen LogP contribution is -2.30. The van der Waals surface area contributed by atoms with Crippen LogP contribution in [0.2, 0.25) is 0 Å². The number of hydrogen-bond acceptors (Lipinski definition) is 4. The van der Waals surface area contributed by atoms with E-state index in [-0.39, 0.29) is 12.8 Å². The van der Waals surface area contributed by atoms with Crippen LogP contribution in [0.1, 0.15) is 12.8 Å². The predicted octanol–water partition coefficient (Wildman–Crippen LogP) is -0.976. The molecule has 7 heteroatoms. The minimum Gasteiger partial charge on any atom is -0.481 e. The lowest BCUT2D eigenvalue weighted by atomic mass is 10.3. The molecule has 0 aliphatic carbocycles. The van der Waals surface area contributed by atoms with E-state index in [9.17, 15) is 13.2 Å². The van der Waals surface area contributed by atoms with Gasteiger partial charge in [0.05, 0.1) is 0 Å². The molecule has 0 heterocycles. The maximum absolute atomic E-state index is 10.2. The molecule has 66 valence electrons. The Morgan fingerprint density at radius 3 is 2.27 bits per heavy atom. The molecule has 0 aliphatic heterocycles. The van der Waals surface area contributed by atoms with E-state index in [0.29, 0.717) is 0 Å². The van der Waals surface area contributed by atoms with Crippen LogP contribution in [-0.4, -0.2) is 29.4 Å². The van der Waals surface area contributed by atoms with Crippen LogP contribution in [0.3, 0.4) is 0 Å². The molecule has 11 heavy (non-hydrogen) atoms. The third-order valence-corrected chi connectivity index (χ3v) is 2.03. The Morgan fingerprint density at radius 1 is 1.55 bits per heavy atom. The van der Waals surface area contributed by atoms with Gasteiger partial charge in [-0.15, -0.1) is 0 Å². The van der Waals surface area contributed by atoms with Gasteiger partial charge >= 0.3 is 5.97 Å². The Morgan fingerprint density at radius 2 is 2.00 bits per heavy atom. The average Bonchev–Trinajstić information content (AvgIpc) is 1.80. The molecule has 0 saturated carbocycles. The molecule has 0 aromatic carbocycles. The van der Waals surface area contributed by atoms with Crippen molar-refractivity contribution < 1.29 is 22.9 Å². The van der Waals surface area contributed by atoms with E-state index in [4.69, 9.17) is 15.4 Å². The minimum absolute atomic E-state index is 0.284. The fraction of sp³-hybridized carbons (Fsp3) is 0.750. The lowest BCUT2D eigenvalue weighted by molar-refractivity contribution is -0.137. The molecule has 0 fully saturated rings. The van der Waals surface area contributed by atoms with Gasteiger partial charge in [-0.1, -0.05) is 0 Å². The summed E-state index contributed by atoms with van der Waals surface area (Å²) < 4.78 is 28.6. The van der Waals surface area contributed by atoms with Gasteiger partial charge in [0.1, 0.15) is 5.37 Å². The number of carbonyl (C=O) groups is 1. The van der Waals surface area contributed by atoms with E-state index in [2.05, 4.69) is 0 Å². The monoisotopic (exact) mass is 183 g/mol. The molecule has 0 spiro atoms. The Balaban J connectivity index is 3.90. The number of aliphatic carboxylic acids is 1. The van der Waals surface area contributed by atoms with Crippen molar-refractivity contribution in [2.45, 2.75) is 18.2 Å². The molecule has 4 N–H and O–H groups in total. The molecule has 1 unspecified atom stereocenters. The molecule has 1 atom stereocenters. The lowest BCUT2D eigenvalue weighted by Gasteiger charge is -2.04. The summed E-state index contributed by atoms with van der Waals surface area (Å²) in [5, 5.41) is 6.59. The first-order valence-corrected chi connectivity index (χ1v) is 4.28. The van der Waals surface area contributed by atoms with Crippen LogP contribution in [0.15, 0.2) is 0 Å². The van der Waals surface area contributed by atoms with Gasteiger partial charge in [-0.3, -0.25) is 9.35 Å². The second-order valence-corrected chi connectivity index (χ2v) is 3.62. The summed E-state index contributed by atoms with van der Waals surface area (Å²) >= 11 is 0. The van der Waals surface area contributed by atoms with Gasteiger partial charge in [-0.25, -0.2) is 0 Å². The van der Waals surface area contributed by atoms with Gasteiger partial charge in [0, 0.05) is 6.42 Å². The molecule has 0 saturated heterocycles. The van der Waals surface area contributed by atoms with E-state index in [1.165, 1.54) is 0 Å². The third-order valence-electron chi connectivity index (χ3n) is 1.03. The van der Waals surface area contributed by atoms with Crippen molar-refractivity contribution in [3.05, 3.63) is 0 Å². The van der Waals surface area contributed by atoms with Crippen molar-refractivity contribution >= 4 is 16.1 Å². The van der Waals surface area contributed by atoms with Gasteiger partial charge in [-0.05, 0) is 6.42 Å². The van der Waals surface area contributed by atoms with Crippen LogP contribution in [0.4, 0.5) is 0 Å². The zero-order valence-electron chi connectivity index (χ0n) is 5.60. The number of rotatable bonds is 4. The van der Waals surface area contributed by atoms with Crippen LogP contribution in [0, 0.1) is 0 Å². The normalized spacial score (nSPS) is 14.4. The second kappa shape index (κ2) is 3.65. The Labute approximate surface area is 63.8 Å². The van der Waals surface area contributed by atoms with Crippen molar-refractivity contribution in [2.24, 2.45) is 5.73 Å². The summed E-state index contributed by atoms with van der Waals surface area (Å²) in [5.74, 6) is -1.15. The third kappa shape index (κ3) is 4.71. The van der Waals surface area contributed by atoms with Crippen LogP contribution in [0.25, 0.3) is 0 Å². The first-order chi connectivity index (χ1) is 4.84. The van der Waals surface area contributed by atoms with Crippen molar-refractivity contribution in [2.75, 3.05) is 0 Å². The van der Waals surface area contributed by atoms with Gasteiger partial charge in [0.25, 0.3) is 10.1 Å². The van der Waals surface area contributed by atoms with E-state index >= 15 is 0 Å². The van der Waals surface area contributed by atoms with Gasteiger partial charge < -0.3 is 10.8 Å². The number of hydrogen-bond donors (Lipinski definition) is 3. The molecule has 0 aromatic heterocycles. The number of nitrogens with two attached hydrogens (primary N) is 1. The van der Waals surface area contributed by atoms with E-state index in [1.54, 1.807) is 0 Å². The smallest absolute Gasteiger partial charge is 0.303 e. The van der Waals surface area contributed by atoms with Crippen LogP contribution >= 0.6 is 0 Å². The Hall–Kier alpha value is -0.660. The molecular formula is C4H9NO5S. The highest BCUT2D eigenvalue weighted by molar-refractivity contribution is 7.86. The standard InChI is InChI=1S/C4H9NO5S/c5-3(11(8,9)10)1-2-4(6)7/h3H,1-2,5H2,(H,6,7)(H,8,9,10). The fourth-order valence-corrected chi connectivity index (χ4v) is 0.830. The van der Waals surface area contributed by atoms with Gasteiger partial charge in [0.15, 0.2) is 0 Å². The van der Waals surface area contributed by atoms with Crippen molar-refractivity contribution in [3.8, 4) is 0 Å². The highest BCUT2D eigenvalue weighted by atomic mass is 32.2. The van der Waals surface area contributed by atoms with Crippen LogP contribution in [0.5, 0.6) is 0 Å². The summed E-state index contributed by atoms with van der Waals surface area (Å²) in [4.78, 5) is 9.90. The van der Waals surface area contributed by atoms with Gasteiger partial charge in [-0.2, -0.15) is 8.42 Å². The number of carboxylic acid groups (broad SMARTS) is 1. The summed E-state index contributed by atoms with van der Waals surface area (Å²) in [5.41, 5.74) is 4.90. The number of carboxylic acids is 1. The van der Waals surface area contributed by atoms with Crippen molar-refractivity contribution in [1.29, 1.82) is 0 Å². The quantitative estimate of drug-likeness (QED) is 0.482. The summed E-state index contributed by atoms with van der Waals surface area (Å²) in [7, 11) is -4.28. The zero-order chi connectivity index (χ0) is 9.07. The molecule has 0 amide bonds. The Bertz CT molecular complexity index is 233. The first-order valence-electron chi connectivity index (χ1n) is 2.77. The van der Waals surface area contributed by atoms with Crippen molar-refractivity contribution in [3.63, 3.8) is 0 Å². The topological polar surface area (TPSA) is 118 Å². The molecule has 0 aromatic rings. The minimum atomic E-state index is -4.28. The summed E-state index contributed by atoms with van der Waals surface area (Å²) in [6.45, 7) is 0. The van der Waals surface area contributed by atoms with E-state index in [0.717, 1.165) is 0 Å². The molecule has 0 bridgehead atoms. The second-order valence-electron chi connectivity index (χ2n) is 1.99. The SMILES string of the molecule is NC(CCC(=O)O)S(=O)(=O)O.